The predicted molar refractivity (Wildman–Crippen MR) is 118 cm³/mol. The van der Waals surface area contributed by atoms with Crippen LogP contribution in [0.15, 0.2) is 65.3 Å². The number of thioether (sulfide) groups is 1. The van der Waals surface area contributed by atoms with Crippen molar-refractivity contribution in [3.05, 3.63) is 72.1 Å². The topological polar surface area (TPSA) is 111 Å². The van der Waals surface area contributed by atoms with Gasteiger partial charge >= 0.3 is 5.97 Å². The highest BCUT2D eigenvalue weighted by Crippen LogP contribution is 2.20. The molecule has 0 aliphatic heterocycles. The van der Waals surface area contributed by atoms with Crippen LogP contribution in [0, 0.1) is 0 Å². The molecule has 0 unspecified atom stereocenters. The summed E-state index contributed by atoms with van der Waals surface area (Å²) in [6.45, 7) is -0.205. The summed E-state index contributed by atoms with van der Waals surface area (Å²) in [4.78, 5) is 39.6. The number of aromatic nitrogens is 1. The lowest BCUT2D eigenvalue weighted by molar-refractivity contribution is -0.139. The van der Waals surface area contributed by atoms with E-state index in [4.69, 9.17) is 4.42 Å². The van der Waals surface area contributed by atoms with Crippen LogP contribution in [0.2, 0.25) is 0 Å². The molecule has 0 aliphatic carbocycles. The summed E-state index contributed by atoms with van der Waals surface area (Å²) in [5.41, 5.74) is 2.61. The molecule has 3 rings (SSSR count). The Labute approximate surface area is 183 Å². The minimum absolute atomic E-state index is 0.167. The number of oxazole rings is 1. The summed E-state index contributed by atoms with van der Waals surface area (Å²) in [7, 11) is 1.25. The van der Waals surface area contributed by atoms with E-state index in [1.807, 2.05) is 30.3 Å². The van der Waals surface area contributed by atoms with Crippen molar-refractivity contribution in [3.63, 3.8) is 0 Å². The number of rotatable bonds is 9. The molecule has 0 aliphatic rings. The van der Waals surface area contributed by atoms with E-state index in [2.05, 4.69) is 20.4 Å². The first-order valence-corrected chi connectivity index (χ1v) is 10.5. The van der Waals surface area contributed by atoms with E-state index < -0.39 is 11.9 Å². The van der Waals surface area contributed by atoms with Crippen molar-refractivity contribution < 1.29 is 23.5 Å². The highest BCUT2D eigenvalue weighted by molar-refractivity contribution is 7.99. The van der Waals surface area contributed by atoms with Gasteiger partial charge in [0.25, 0.3) is 5.91 Å². The molecule has 3 aromatic rings. The van der Waals surface area contributed by atoms with Crippen LogP contribution in [0.3, 0.4) is 0 Å². The second kappa shape index (κ2) is 11.0. The number of benzene rings is 2. The van der Waals surface area contributed by atoms with E-state index in [1.54, 1.807) is 30.5 Å². The average Bonchev–Trinajstić information content (AvgIpc) is 3.27. The molecule has 1 aromatic heterocycles. The van der Waals surface area contributed by atoms with Crippen molar-refractivity contribution in [2.75, 3.05) is 24.7 Å². The van der Waals surface area contributed by atoms with Crippen LogP contribution in [0.25, 0.3) is 11.5 Å². The third kappa shape index (κ3) is 6.71. The van der Waals surface area contributed by atoms with Crippen LogP contribution in [-0.2, 0) is 20.1 Å². The molecule has 9 heteroatoms. The lowest BCUT2D eigenvalue weighted by Gasteiger charge is -2.07. The predicted octanol–water partition coefficient (Wildman–Crippen LogP) is 3.12. The molecule has 31 heavy (non-hydrogen) atoms. The summed E-state index contributed by atoms with van der Waals surface area (Å²) in [5, 5.41) is 5.22. The summed E-state index contributed by atoms with van der Waals surface area (Å²) in [5.74, 6) is 0.242. The number of nitrogens with one attached hydrogen (secondary N) is 2. The second-order valence-corrected chi connectivity index (χ2v) is 7.37. The number of carbonyl (C=O) groups is 3. The standard InChI is InChI=1S/C22H21N3O5S/c1-29-20(27)11-23-21(28)15-7-9-17(10-8-15)24-19(26)14-31-13-18-12-30-22(25-18)16-5-3-2-4-6-16/h2-10,12H,11,13-14H2,1H3,(H,23,28)(H,24,26). The normalized spacial score (nSPS) is 10.4. The maximum absolute atomic E-state index is 12.2. The quantitative estimate of drug-likeness (QED) is 0.493. The number of anilines is 1. The number of carbonyl (C=O) groups excluding carboxylic acids is 3. The van der Waals surface area contributed by atoms with Crippen molar-refractivity contribution >= 4 is 35.2 Å². The smallest absolute Gasteiger partial charge is 0.325 e. The van der Waals surface area contributed by atoms with Crippen LogP contribution in [-0.4, -0.2) is 42.2 Å². The van der Waals surface area contributed by atoms with Crippen molar-refractivity contribution in [1.82, 2.24) is 10.3 Å². The summed E-state index contributed by atoms with van der Waals surface area (Å²) in [6.07, 6.45) is 1.59. The third-order valence-corrected chi connectivity index (χ3v) is 5.07. The fourth-order valence-electron chi connectivity index (χ4n) is 2.56. The monoisotopic (exact) mass is 439 g/mol. The van der Waals surface area contributed by atoms with Crippen LogP contribution in [0.4, 0.5) is 5.69 Å². The molecule has 2 N–H and O–H groups in total. The van der Waals surface area contributed by atoms with Gasteiger partial charge in [-0.05, 0) is 36.4 Å². The van der Waals surface area contributed by atoms with Gasteiger partial charge in [0, 0.05) is 22.6 Å². The van der Waals surface area contributed by atoms with Crippen LogP contribution < -0.4 is 10.6 Å². The van der Waals surface area contributed by atoms with Gasteiger partial charge in [0.1, 0.15) is 12.8 Å². The number of hydrogen-bond acceptors (Lipinski definition) is 7. The van der Waals surface area contributed by atoms with Crippen molar-refractivity contribution in [2.24, 2.45) is 0 Å². The molecule has 0 fully saturated rings. The Hall–Kier alpha value is -3.59. The number of amides is 2. The summed E-state index contributed by atoms with van der Waals surface area (Å²) < 4.78 is 9.96. The van der Waals surface area contributed by atoms with Crippen LogP contribution in [0.5, 0.6) is 0 Å². The molecule has 0 atom stereocenters. The highest BCUT2D eigenvalue weighted by Gasteiger charge is 2.10. The van der Waals surface area contributed by atoms with Gasteiger partial charge in [-0.3, -0.25) is 14.4 Å². The largest absolute Gasteiger partial charge is 0.468 e. The van der Waals surface area contributed by atoms with E-state index in [0.29, 0.717) is 22.9 Å². The van der Waals surface area contributed by atoms with Crippen LogP contribution >= 0.6 is 11.8 Å². The first-order chi connectivity index (χ1) is 15.0. The number of nitrogens with zero attached hydrogens (tertiary/aromatic N) is 1. The fraction of sp³-hybridized carbons (Fsp3) is 0.182. The Morgan fingerprint density at radius 1 is 1.06 bits per heavy atom. The molecule has 0 saturated heterocycles. The summed E-state index contributed by atoms with van der Waals surface area (Å²) >= 11 is 1.42. The Morgan fingerprint density at radius 2 is 1.81 bits per heavy atom. The van der Waals surface area contributed by atoms with Crippen LogP contribution in [0.1, 0.15) is 16.1 Å². The summed E-state index contributed by atoms with van der Waals surface area (Å²) in [6, 6.07) is 16.0. The van der Waals surface area contributed by atoms with Gasteiger partial charge in [-0.15, -0.1) is 11.8 Å². The van der Waals surface area contributed by atoms with E-state index in [-0.39, 0.29) is 18.2 Å². The van der Waals surface area contributed by atoms with Crippen molar-refractivity contribution in [1.29, 1.82) is 0 Å². The Bertz CT molecular complexity index is 1030. The molecule has 0 bridgehead atoms. The lowest BCUT2D eigenvalue weighted by atomic mass is 10.2. The third-order valence-electron chi connectivity index (χ3n) is 4.11. The van der Waals surface area contributed by atoms with Gasteiger partial charge in [0.05, 0.1) is 18.6 Å². The van der Waals surface area contributed by atoms with Crippen molar-refractivity contribution in [2.45, 2.75) is 5.75 Å². The number of methoxy groups -OCH3 is 1. The Balaban J connectivity index is 1.42. The molecule has 0 saturated carbocycles. The minimum Gasteiger partial charge on any atom is -0.468 e. The average molecular weight is 439 g/mol. The maximum Gasteiger partial charge on any atom is 0.325 e. The molecular formula is C22H21N3O5S. The Kier molecular flexibility index (Phi) is 7.83. The minimum atomic E-state index is -0.531. The SMILES string of the molecule is COC(=O)CNC(=O)c1ccc(NC(=O)CSCc2coc(-c3ccccc3)n2)cc1. The maximum atomic E-state index is 12.2. The number of esters is 1. The zero-order chi connectivity index (χ0) is 22.1. The zero-order valence-electron chi connectivity index (χ0n) is 16.8. The molecule has 8 nitrogen and oxygen atoms in total. The molecule has 2 aromatic carbocycles. The van der Waals surface area contributed by atoms with Gasteiger partial charge in [0.2, 0.25) is 11.8 Å². The molecular weight excluding hydrogens is 418 g/mol. The van der Waals surface area contributed by atoms with Crippen molar-refractivity contribution in [3.8, 4) is 11.5 Å². The van der Waals surface area contributed by atoms with Gasteiger partial charge in [-0.2, -0.15) is 0 Å². The lowest BCUT2D eigenvalue weighted by Crippen LogP contribution is -2.30. The second-order valence-electron chi connectivity index (χ2n) is 6.39. The number of ether oxygens (including phenoxy) is 1. The highest BCUT2D eigenvalue weighted by atomic mass is 32.2. The first-order valence-electron chi connectivity index (χ1n) is 9.37. The van der Waals surface area contributed by atoms with Gasteiger partial charge in [-0.25, -0.2) is 4.98 Å². The van der Waals surface area contributed by atoms with E-state index >= 15 is 0 Å². The van der Waals surface area contributed by atoms with E-state index in [9.17, 15) is 14.4 Å². The molecule has 2 amide bonds. The molecule has 0 radical (unpaired) electrons. The molecule has 160 valence electrons. The van der Waals surface area contributed by atoms with Gasteiger partial charge in [0.15, 0.2) is 0 Å². The number of hydrogen-bond donors (Lipinski definition) is 2. The van der Waals surface area contributed by atoms with Gasteiger partial charge in [-0.1, -0.05) is 18.2 Å². The van der Waals surface area contributed by atoms with Gasteiger partial charge < -0.3 is 19.8 Å². The zero-order valence-corrected chi connectivity index (χ0v) is 17.6. The van der Waals surface area contributed by atoms with E-state index in [1.165, 1.54) is 18.9 Å². The molecule has 0 spiro atoms. The molecule has 1 heterocycles. The first kappa shape index (κ1) is 22.1. The Morgan fingerprint density at radius 3 is 2.52 bits per heavy atom. The fourth-order valence-corrected chi connectivity index (χ4v) is 3.26. The van der Waals surface area contributed by atoms with E-state index in [0.717, 1.165) is 11.3 Å².